The van der Waals surface area contributed by atoms with E-state index in [0.717, 1.165) is 30.8 Å². The number of nitrogen functional groups attached to an aromatic ring is 1. The monoisotopic (exact) mass is 264 g/mol. The first-order chi connectivity index (χ1) is 9.26. The number of hydrogen-bond acceptors (Lipinski definition) is 4. The van der Waals surface area contributed by atoms with Crippen LogP contribution in [-0.4, -0.2) is 30.9 Å². The number of aliphatic hydroxyl groups is 1. The second-order valence-corrected chi connectivity index (χ2v) is 5.10. The molecule has 1 saturated heterocycles. The zero-order valence-electron chi connectivity index (χ0n) is 11.6. The Balaban J connectivity index is 2.18. The second-order valence-electron chi connectivity index (χ2n) is 5.10. The van der Waals surface area contributed by atoms with Crippen molar-refractivity contribution in [2.24, 2.45) is 0 Å². The van der Waals surface area contributed by atoms with E-state index in [2.05, 4.69) is 11.8 Å². The molecule has 0 amide bonds. The molecule has 0 saturated carbocycles. The quantitative estimate of drug-likeness (QED) is 0.802. The molecule has 0 aliphatic carbocycles. The molecule has 4 nitrogen and oxygen atoms in total. The van der Waals surface area contributed by atoms with Crippen LogP contribution in [0.3, 0.4) is 0 Å². The van der Waals surface area contributed by atoms with Gasteiger partial charge in [-0.1, -0.05) is 6.92 Å². The summed E-state index contributed by atoms with van der Waals surface area (Å²) in [6.07, 6.45) is 4.38. The first-order valence-corrected chi connectivity index (χ1v) is 7.16. The number of ether oxygens (including phenoxy) is 1. The fourth-order valence-electron chi connectivity index (χ4n) is 2.57. The van der Waals surface area contributed by atoms with Crippen molar-refractivity contribution in [1.29, 1.82) is 0 Å². The highest BCUT2D eigenvalue weighted by molar-refractivity contribution is 5.62. The first-order valence-electron chi connectivity index (χ1n) is 7.16. The molecule has 1 aromatic carbocycles. The lowest BCUT2D eigenvalue weighted by Gasteiger charge is -2.36. The van der Waals surface area contributed by atoms with E-state index in [0.29, 0.717) is 12.3 Å². The molecule has 1 fully saturated rings. The molecule has 0 bridgehead atoms. The maximum Gasteiger partial charge on any atom is 0.144 e. The molecule has 19 heavy (non-hydrogen) atoms. The van der Waals surface area contributed by atoms with E-state index >= 15 is 0 Å². The SMILES string of the molecule is CCCOc1cc(N2CCCCC2CO)ccc1N. The van der Waals surface area contributed by atoms with Crippen LogP contribution < -0.4 is 15.4 Å². The molecule has 1 aliphatic heterocycles. The van der Waals surface area contributed by atoms with Gasteiger partial charge < -0.3 is 20.5 Å². The third-order valence-corrected chi connectivity index (χ3v) is 3.63. The fourth-order valence-corrected chi connectivity index (χ4v) is 2.57. The Morgan fingerprint density at radius 1 is 1.42 bits per heavy atom. The number of rotatable bonds is 5. The molecule has 1 heterocycles. The Morgan fingerprint density at radius 2 is 2.26 bits per heavy atom. The van der Waals surface area contributed by atoms with E-state index < -0.39 is 0 Å². The molecule has 1 unspecified atom stereocenters. The zero-order chi connectivity index (χ0) is 13.7. The largest absolute Gasteiger partial charge is 0.491 e. The molecule has 0 radical (unpaired) electrons. The predicted octanol–water partition coefficient (Wildman–Crippen LogP) is 2.41. The lowest BCUT2D eigenvalue weighted by molar-refractivity contribution is 0.240. The van der Waals surface area contributed by atoms with Gasteiger partial charge in [0.1, 0.15) is 5.75 Å². The highest BCUT2D eigenvalue weighted by Gasteiger charge is 2.22. The second kappa shape index (κ2) is 6.66. The van der Waals surface area contributed by atoms with Gasteiger partial charge in [0.25, 0.3) is 0 Å². The lowest BCUT2D eigenvalue weighted by Crippen LogP contribution is -2.41. The maximum absolute atomic E-state index is 9.49. The fraction of sp³-hybridized carbons (Fsp3) is 0.600. The molecule has 3 N–H and O–H groups in total. The molecular weight excluding hydrogens is 240 g/mol. The van der Waals surface area contributed by atoms with Gasteiger partial charge in [-0.3, -0.25) is 0 Å². The predicted molar refractivity (Wildman–Crippen MR) is 78.7 cm³/mol. The maximum atomic E-state index is 9.49. The van der Waals surface area contributed by atoms with Crippen LogP contribution in [-0.2, 0) is 0 Å². The van der Waals surface area contributed by atoms with E-state index in [1.807, 2.05) is 18.2 Å². The Labute approximate surface area is 115 Å². The smallest absolute Gasteiger partial charge is 0.144 e. The lowest BCUT2D eigenvalue weighted by atomic mass is 10.0. The van der Waals surface area contributed by atoms with Crippen molar-refractivity contribution >= 4 is 11.4 Å². The number of nitrogens with zero attached hydrogens (tertiary/aromatic N) is 1. The topological polar surface area (TPSA) is 58.7 Å². The van der Waals surface area contributed by atoms with Gasteiger partial charge in [0, 0.05) is 18.3 Å². The minimum Gasteiger partial charge on any atom is -0.491 e. The van der Waals surface area contributed by atoms with Crippen molar-refractivity contribution in [2.45, 2.75) is 38.6 Å². The van der Waals surface area contributed by atoms with Gasteiger partial charge in [-0.25, -0.2) is 0 Å². The van der Waals surface area contributed by atoms with Crippen LogP contribution in [0.5, 0.6) is 5.75 Å². The van der Waals surface area contributed by atoms with Gasteiger partial charge in [-0.05, 0) is 37.8 Å². The summed E-state index contributed by atoms with van der Waals surface area (Å²) in [5.41, 5.74) is 7.71. The van der Waals surface area contributed by atoms with Crippen molar-refractivity contribution in [2.75, 3.05) is 30.4 Å². The van der Waals surface area contributed by atoms with Crippen LogP contribution in [0.15, 0.2) is 18.2 Å². The highest BCUT2D eigenvalue weighted by atomic mass is 16.5. The number of anilines is 2. The van der Waals surface area contributed by atoms with Crippen molar-refractivity contribution in [3.05, 3.63) is 18.2 Å². The van der Waals surface area contributed by atoms with E-state index in [-0.39, 0.29) is 12.6 Å². The molecule has 1 aromatic rings. The molecule has 106 valence electrons. The van der Waals surface area contributed by atoms with Gasteiger partial charge in [-0.2, -0.15) is 0 Å². The molecule has 4 heteroatoms. The van der Waals surface area contributed by atoms with Gasteiger partial charge in [-0.15, -0.1) is 0 Å². The van der Waals surface area contributed by atoms with Crippen molar-refractivity contribution in [3.8, 4) is 5.75 Å². The number of nitrogens with two attached hydrogens (primary N) is 1. The first kappa shape index (κ1) is 14.0. The molecular formula is C15H24N2O2. The molecule has 1 aliphatic rings. The number of piperidine rings is 1. The summed E-state index contributed by atoms with van der Waals surface area (Å²) in [5.74, 6) is 0.751. The number of benzene rings is 1. The Morgan fingerprint density at radius 3 is 3.00 bits per heavy atom. The zero-order valence-corrected chi connectivity index (χ0v) is 11.6. The van der Waals surface area contributed by atoms with Gasteiger partial charge in [0.2, 0.25) is 0 Å². The van der Waals surface area contributed by atoms with Gasteiger partial charge >= 0.3 is 0 Å². The summed E-state index contributed by atoms with van der Waals surface area (Å²) >= 11 is 0. The highest BCUT2D eigenvalue weighted by Crippen LogP contribution is 2.31. The summed E-state index contributed by atoms with van der Waals surface area (Å²) < 4.78 is 5.67. The van der Waals surface area contributed by atoms with E-state index in [9.17, 15) is 5.11 Å². The van der Waals surface area contributed by atoms with Gasteiger partial charge in [0.05, 0.1) is 24.9 Å². The summed E-state index contributed by atoms with van der Waals surface area (Å²) in [5, 5.41) is 9.49. The standard InChI is InChI=1S/C15H24N2O2/c1-2-9-19-15-10-12(6-7-14(15)16)17-8-4-3-5-13(17)11-18/h6-7,10,13,18H,2-5,8-9,11,16H2,1H3. The summed E-state index contributed by atoms with van der Waals surface area (Å²) in [4.78, 5) is 2.27. The third kappa shape index (κ3) is 3.32. The molecule has 0 aromatic heterocycles. The minimum absolute atomic E-state index is 0.204. The Bertz CT molecular complexity index is 409. The van der Waals surface area contributed by atoms with Crippen LogP contribution >= 0.6 is 0 Å². The third-order valence-electron chi connectivity index (χ3n) is 3.63. The van der Waals surface area contributed by atoms with Crippen molar-refractivity contribution in [3.63, 3.8) is 0 Å². The average Bonchev–Trinajstić information content (AvgIpc) is 2.46. The molecule has 0 spiro atoms. The van der Waals surface area contributed by atoms with E-state index in [1.54, 1.807) is 0 Å². The summed E-state index contributed by atoms with van der Waals surface area (Å²) in [7, 11) is 0. The minimum atomic E-state index is 0.204. The van der Waals surface area contributed by atoms with Gasteiger partial charge in [0.15, 0.2) is 0 Å². The van der Waals surface area contributed by atoms with Crippen LogP contribution in [0.2, 0.25) is 0 Å². The van der Waals surface area contributed by atoms with Crippen molar-refractivity contribution < 1.29 is 9.84 Å². The van der Waals surface area contributed by atoms with Crippen LogP contribution in [0.4, 0.5) is 11.4 Å². The van der Waals surface area contributed by atoms with E-state index in [1.165, 1.54) is 12.8 Å². The Kier molecular flexibility index (Phi) is 4.91. The number of aliphatic hydroxyl groups excluding tert-OH is 1. The molecule has 1 atom stereocenters. The number of hydrogen-bond donors (Lipinski definition) is 2. The Hall–Kier alpha value is -1.42. The molecule has 2 rings (SSSR count). The average molecular weight is 264 g/mol. The van der Waals surface area contributed by atoms with E-state index in [4.69, 9.17) is 10.5 Å². The van der Waals surface area contributed by atoms with Crippen LogP contribution in [0.25, 0.3) is 0 Å². The normalized spacial score (nSPS) is 19.5. The summed E-state index contributed by atoms with van der Waals surface area (Å²) in [6, 6.07) is 6.13. The van der Waals surface area contributed by atoms with Crippen LogP contribution in [0.1, 0.15) is 32.6 Å². The summed E-state index contributed by atoms with van der Waals surface area (Å²) in [6.45, 7) is 3.95. The van der Waals surface area contributed by atoms with Crippen molar-refractivity contribution in [1.82, 2.24) is 0 Å². The van der Waals surface area contributed by atoms with Crippen LogP contribution in [0, 0.1) is 0 Å².